The van der Waals surface area contributed by atoms with Gasteiger partial charge in [-0.1, -0.05) is 24.3 Å². The maximum atomic E-state index is 12.7. The van der Waals surface area contributed by atoms with Crippen molar-refractivity contribution in [1.82, 2.24) is 9.88 Å². The molecule has 0 bridgehead atoms. The second-order valence-electron chi connectivity index (χ2n) is 4.84. The number of benzene rings is 1. The second kappa shape index (κ2) is 5.31. The molecule has 3 rings (SSSR count). The van der Waals surface area contributed by atoms with E-state index >= 15 is 0 Å². The van der Waals surface area contributed by atoms with Crippen LogP contribution in [0.15, 0.2) is 36.7 Å². The summed E-state index contributed by atoms with van der Waals surface area (Å²) >= 11 is 1.85. The van der Waals surface area contributed by atoms with Gasteiger partial charge in [0.25, 0.3) is 0 Å². The van der Waals surface area contributed by atoms with Crippen molar-refractivity contribution in [3.63, 3.8) is 0 Å². The molecule has 1 atom stereocenters. The normalized spacial score (nSPS) is 20.6. The number of hydrogen-bond donors (Lipinski definition) is 0. The van der Waals surface area contributed by atoms with Gasteiger partial charge in [0.05, 0.1) is 6.04 Å². The Morgan fingerprint density at radius 2 is 2.21 bits per heavy atom. The molecule has 0 radical (unpaired) electrons. The van der Waals surface area contributed by atoms with E-state index in [0.717, 1.165) is 34.4 Å². The van der Waals surface area contributed by atoms with Gasteiger partial charge in [-0.15, -0.1) is 0 Å². The minimum absolute atomic E-state index is 0.0219. The van der Waals surface area contributed by atoms with Crippen molar-refractivity contribution < 1.29 is 4.79 Å². The summed E-state index contributed by atoms with van der Waals surface area (Å²) in [5, 5.41) is 2.03. The van der Waals surface area contributed by atoms with E-state index in [1.165, 1.54) is 0 Å². The molecule has 1 saturated heterocycles. The smallest absolute Gasteiger partial charge is 0.182 e. The van der Waals surface area contributed by atoms with Crippen LogP contribution in [0.25, 0.3) is 10.8 Å². The van der Waals surface area contributed by atoms with Gasteiger partial charge in [0.15, 0.2) is 5.78 Å². The molecule has 1 aromatic carbocycles. The van der Waals surface area contributed by atoms with Gasteiger partial charge in [-0.2, -0.15) is 11.8 Å². The van der Waals surface area contributed by atoms with E-state index in [4.69, 9.17) is 0 Å². The number of carbonyl (C=O) groups excluding carboxylic acids is 1. The first kappa shape index (κ1) is 12.6. The minimum atomic E-state index is -0.0219. The van der Waals surface area contributed by atoms with Crippen LogP contribution in [-0.4, -0.2) is 46.8 Å². The number of nitrogens with zero attached hydrogens (tertiary/aromatic N) is 2. The van der Waals surface area contributed by atoms with Crippen LogP contribution in [0.4, 0.5) is 0 Å². The molecular formula is C15H16N2OS. The number of ketones is 1. The van der Waals surface area contributed by atoms with Gasteiger partial charge in [0.1, 0.15) is 0 Å². The molecule has 4 heteroatoms. The lowest BCUT2D eigenvalue weighted by atomic mass is 10.00. The molecule has 3 nitrogen and oxygen atoms in total. The van der Waals surface area contributed by atoms with Crippen LogP contribution in [0.5, 0.6) is 0 Å². The summed E-state index contributed by atoms with van der Waals surface area (Å²) < 4.78 is 0. The number of hydrogen-bond acceptors (Lipinski definition) is 4. The standard InChI is InChI=1S/C15H16N2OS/c1-17-6-7-19-10-14(17)15(18)13-9-16-8-11-4-2-3-5-12(11)13/h2-5,8-9,14H,6-7,10H2,1H3. The first-order valence-corrected chi connectivity index (χ1v) is 7.58. The van der Waals surface area contributed by atoms with Crippen LogP contribution in [-0.2, 0) is 0 Å². The monoisotopic (exact) mass is 272 g/mol. The Bertz CT molecular complexity index is 609. The minimum Gasteiger partial charge on any atom is -0.295 e. The Labute approximate surface area is 117 Å². The predicted molar refractivity (Wildman–Crippen MR) is 79.8 cm³/mol. The number of fused-ring (bicyclic) bond motifs is 1. The molecule has 0 aliphatic carbocycles. The lowest BCUT2D eigenvalue weighted by molar-refractivity contribution is 0.0876. The summed E-state index contributed by atoms with van der Waals surface area (Å²) in [7, 11) is 2.03. The van der Waals surface area contributed by atoms with Crippen molar-refractivity contribution in [1.29, 1.82) is 0 Å². The number of pyridine rings is 1. The van der Waals surface area contributed by atoms with Crippen LogP contribution in [0.2, 0.25) is 0 Å². The Balaban J connectivity index is 2.01. The second-order valence-corrected chi connectivity index (χ2v) is 5.99. The molecule has 1 aliphatic heterocycles. The lowest BCUT2D eigenvalue weighted by Crippen LogP contribution is -2.44. The third kappa shape index (κ3) is 2.38. The molecule has 0 saturated carbocycles. The highest BCUT2D eigenvalue weighted by molar-refractivity contribution is 7.99. The number of rotatable bonds is 2. The largest absolute Gasteiger partial charge is 0.295 e. The zero-order chi connectivity index (χ0) is 13.2. The molecule has 1 aliphatic rings. The first-order valence-electron chi connectivity index (χ1n) is 6.42. The molecule has 0 spiro atoms. The molecule has 0 N–H and O–H groups in total. The van der Waals surface area contributed by atoms with Gasteiger partial charge in [0, 0.05) is 41.4 Å². The van der Waals surface area contributed by atoms with Gasteiger partial charge in [-0.3, -0.25) is 14.7 Å². The average Bonchev–Trinajstić information content (AvgIpc) is 2.46. The summed E-state index contributed by atoms with van der Waals surface area (Å²) in [4.78, 5) is 19.1. The highest BCUT2D eigenvalue weighted by Gasteiger charge is 2.28. The van der Waals surface area contributed by atoms with Crippen LogP contribution in [0.1, 0.15) is 10.4 Å². The molecule has 1 aromatic heterocycles. The van der Waals surface area contributed by atoms with Gasteiger partial charge in [-0.05, 0) is 12.4 Å². The van der Waals surface area contributed by atoms with Crippen LogP contribution >= 0.6 is 11.8 Å². The zero-order valence-corrected chi connectivity index (χ0v) is 11.7. The van der Waals surface area contributed by atoms with Gasteiger partial charge >= 0.3 is 0 Å². The van der Waals surface area contributed by atoms with Crippen molar-refractivity contribution in [2.45, 2.75) is 6.04 Å². The Morgan fingerprint density at radius 3 is 3.05 bits per heavy atom. The van der Waals surface area contributed by atoms with Crippen molar-refractivity contribution in [2.75, 3.05) is 25.1 Å². The van der Waals surface area contributed by atoms with E-state index in [1.807, 2.05) is 49.3 Å². The number of likely N-dealkylation sites (N-methyl/N-ethyl adjacent to an activating group) is 1. The number of aromatic nitrogens is 1. The Kier molecular flexibility index (Phi) is 3.53. The molecule has 2 aromatic rings. The summed E-state index contributed by atoms with van der Waals surface area (Å²) in [6, 6.07) is 7.92. The summed E-state index contributed by atoms with van der Waals surface area (Å²) in [5.74, 6) is 2.17. The maximum Gasteiger partial charge on any atom is 0.182 e. The lowest BCUT2D eigenvalue weighted by Gasteiger charge is -2.31. The topological polar surface area (TPSA) is 33.2 Å². The Morgan fingerprint density at radius 1 is 1.37 bits per heavy atom. The van der Waals surface area contributed by atoms with E-state index in [0.29, 0.717) is 0 Å². The first-order chi connectivity index (χ1) is 9.27. The Hall–Kier alpha value is -1.39. The molecule has 98 valence electrons. The van der Waals surface area contributed by atoms with Crippen LogP contribution < -0.4 is 0 Å². The van der Waals surface area contributed by atoms with Crippen molar-refractivity contribution in [2.24, 2.45) is 0 Å². The quantitative estimate of drug-likeness (QED) is 0.786. The van der Waals surface area contributed by atoms with E-state index in [1.54, 1.807) is 6.20 Å². The molecule has 0 amide bonds. The van der Waals surface area contributed by atoms with Crippen LogP contribution in [0, 0.1) is 0 Å². The fourth-order valence-corrected chi connectivity index (χ4v) is 3.67. The fraction of sp³-hybridized carbons (Fsp3) is 0.333. The van der Waals surface area contributed by atoms with E-state index in [9.17, 15) is 4.79 Å². The third-order valence-electron chi connectivity index (χ3n) is 3.63. The molecule has 19 heavy (non-hydrogen) atoms. The number of Topliss-reactive ketones (excluding diaryl/α,β-unsaturated/α-hetero) is 1. The third-order valence-corrected chi connectivity index (χ3v) is 4.66. The zero-order valence-electron chi connectivity index (χ0n) is 10.9. The number of thioether (sulfide) groups is 1. The van der Waals surface area contributed by atoms with Crippen molar-refractivity contribution in [3.8, 4) is 0 Å². The fourth-order valence-electron chi connectivity index (χ4n) is 2.45. The predicted octanol–water partition coefficient (Wildman–Crippen LogP) is 2.46. The van der Waals surface area contributed by atoms with Gasteiger partial charge < -0.3 is 0 Å². The molecule has 1 fully saturated rings. The molecule has 2 heterocycles. The van der Waals surface area contributed by atoms with Crippen molar-refractivity contribution >= 4 is 28.3 Å². The maximum absolute atomic E-state index is 12.7. The van der Waals surface area contributed by atoms with Crippen molar-refractivity contribution in [3.05, 3.63) is 42.2 Å². The highest BCUT2D eigenvalue weighted by atomic mass is 32.2. The van der Waals surface area contributed by atoms with E-state index < -0.39 is 0 Å². The number of carbonyl (C=O) groups is 1. The van der Waals surface area contributed by atoms with E-state index in [-0.39, 0.29) is 11.8 Å². The van der Waals surface area contributed by atoms with Gasteiger partial charge in [-0.25, -0.2) is 0 Å². The van der Waals surface area contributed by atoms with Crippen LogP contribution in [0.3, 0.4) is 0 Å². The SMILES string of the molecule is CN1CCSCC1C(=O)c1cncc2ccccc12. The summed E-state index contributed by atoms with van der Waals surface area (Å²) in [5.41, 5.74) is 0.748. The van der Waals surface area contributed by atoms with Gasteiger partial charge in [0.2, 0.25) is 0 Å². The molecule has 1 unspecified atom stereocenters. The average molecular weight is 272 g/mol. The summed E-state index contributed by atoms with van der Waals surface area (Å²) in [6.07, 6.45) is 3.52. The highest BCUT2D eigenvalue weighted by Crippen LogP contribution is 2.23. The molecular weight excluding hydrogens is 256 g/mol. The summed E-state index contributed by atoms with van der Waals surface area (Å²) in [6.45, 7) is 0.971. The van der Waals surface area contributed by atoms with E-state index in [2.05, 4.69) is 9.88 Å².